The normalized spacial score (nSPS) is 11.4. The van der Waals surface area contributed by atoms with Crippen molar-refractivity contribution in [3.63, 3.8) is 0 Å². The quantitative estimate of drug-likeness (QED) is 0.649. The van der Waals surface area contributed by atoms with Gasteiger partial charge in [-0.05, 0) is 39.0 Å². The second-order valence-corrected chi connectivity index (χ2v) is 4.80. The molecule has 0 unspecified atom stereocenters. The molecule has 0 aliphatic rings. The van der Waals surface area contributed by atoms with Gasteiger partial charge >= 0.3 is 6.09 Å². The largest absolute Gasteiger partial charge is 0.507 e. The van der Waals surface area contributed by atoms with Crippen LogP contribution in [0.3, 0.4) is 0 Å². The van der Waals surface area contributed by atoms with Crippen molar-refractivity contribution in [2.24, 2.45) is 5.10 Å². The Labute approximate surface area is 112 Å². The summed E-state index contributed by atoms with van der Waals surface area (Å²) in [5, 5.41) is 13.3. The van der Waals surface area contributed by atoms with Gasteiger partial charge in [-0.3, -0.25) is 0 Å². The van der Waals surface area contributed by atoms with Crippen molar-refractivity contribution in [2.75, 3.05) is 7.11 Å². The number of ether oxygens (including phenoxy) is 2. The first-order valence-corrected chi connectivity index (χ1v) is 5.71. The van der Waals surface area contributed by atoms with E-state index in [2.05, 4.69) is 10.5 Å². The number of nitrogens with zero attached hydrogens (tertiary/aromatic N) is 1. The Hall–Kier alpha value is -2.24. The lowest BCUT2D eigenvalue weighted by molar-refractivity contribution is 0.0529. The molecule has 0 radical (unpaired) electrons. The Morgan fingerprint density at radius 3 is 2.68 bits per heavy atom. The Kier molecular flexibility index (Phi) is 4.74. The second kappa shape index (κ2) is 6.08. The molecule has 104 valence electrons. The van der Waals surface area contributed by atoms with Crippen LogP contribution in [0, 0.1) is 0 Å². The van der Waals surface area contributed by atoms with E-state index >= 15 is 0 Å². The highest BCUT2D eigenvalue weighted by Crippen LogP contribution is 2.20. The Bertz CT molecular complexity index is 478. The topological polar surface area (TPSA) is 80.2 Å². The van der Waals surface area contributed by atoms with Gasteiger partial charge in [0.25, 0.3) is 0 Å². The standard InChI is InChI=1S/C13H18N2O4/c1-13(2,3)19-12(17)15-14-8-9-7-10(18-4)5-6-11(9)16/h5-8,16H,1-4H3,(H,15,17)/b14-8+. The number of amides is 1. The van der Waals surface area contributed by atoms with Crippen LogP contribution in [0.2, 0.25) is 0 Å². The third-order valence-corrected chi connectivity index (χ3v) is 1.99. The van der Waals surface area contributed by atoms with E-state index < -0.39 is 11.7 Å². The van der Waals surface area contributed by atoms with E-state index in [1.807, 2.05) is 0 Å². The summed E-state index contributed by atoms with van der Waals surface area (Å²) in [7, 11) is 1.52. The highest BCUT2D eigenvalue weighted by atomic mass is 16.6. The zero-order chi connectivity index (χ0) is 14.5. The second-order valence-electron chi connectivity index (χ2n) is 4.80. The third kappa shape index (κ3) is 5.29. The number of methoxy groups -OCH3 is 1. The fourth-order valence-electron chi connectivity index (χ4n) is 1.22. The number of carbonyl (C=O) groups excluding carboxylic acids is 1. The maximum Gasteiger partial charge on any atom is 0.428 e. The summed E-state index contributed by atoms with van der Waals surface area (Å²) in [5.74, 6) is 0.618. The minimum absolute atomic E-state index is 0.0375. The van der Waals surface area contributed by atoms with Gasteiger partial charge in [-0.1, -0.05) is 0 Å². The predicted octanol–water partition coefficient (Wildman–Crippen LogP) is 2.26. The van der Waals surface area contributed by atoms with E-state index in [0.29, 0.717) is 11.3 Å². The molecule has 0 heterocycles. The van der Waals surface area contributed by atoms with Crippen molar-refractivity contribution >= 4 is 12.3 Å². The van der Waals surface area contributed by atoms with Crippen LogP contribution in [-0.2, 0) is 4.74 Å². The van der Waals surface area contributed by atoms with E-state index in [1.165, 1.54) is 19.4 Å². The highest BCUT2D eigenvalue weighted by Gasteiger charge is 2.15. The van der Waals surface area contributed by atoms with Crippen LogP contribution in [0.15, 0.2) is 23.3 Å². The zero-order valence-electron chi connectivity index (χ0n) is 11.4. The molecule has 0 fully saturated rings. The Morgan fingerprint density at radius 1 is 1.42 bits per heavy atom. The summed E-state index contributed by atoms with van der Waals surface area (Å²) >= 11 is 0. The van der Waals surface area contributed by atoms with Crippen LogP contribution in [-0.4, -0.2) is 30.1 Å². The lowest BCUT2D eigenvalue weighted by Crippen LogP contribution is -2.29. The highest BCUT2D eigenvalue weighted by molar-refractivity contribution is 5.84. The van der Waals surface area contributed by atoms with Crippen LogP contribution < -0.4 is 10.2 Å². The molecule has 0 spiro atoms. The number of hydrogen-bond acceptors (Lipinski definition) is 5. The molecule has 1 aromatic carbocycles. The smallest absolute Gasteiger partial charge is 0.428 e. The van der Waals surface area contributed by atoms with Crippen LogP contribution in [0.4, 0.5) is 4.79 Å². The fraction of sp³-hybridized carbons (Fsp3) is 0.385. The molecule has 0 aliphatic carbocycles. The zero-order valence-corrected chi connectivity index (χ0v) is 11.4. The van der Waals surface area contributed by atoms with Crippen molar-refractivity contribution in [1.82, 2.24) is 5.43 Å². The molecule has 0 bridgehead atoms. The van der Waals surface area contributed by atoms with Gasteiger partial charge < -0.3 is 14.6 Å². The molecule has 19 heavy (non-hydrogen) atoms. The summed E-state index contributed by atoms with van der Waals surface area (Å²) < 4.78 is 10.0. The molecular formula is C13H18N2O4. The minimum atomic E-state index is -0.661. The summed E-state index contributed by atoms with van der Waals surface area (Å²) in [6, 6.07) is 4.69. The summed E-state index contributed by atoms with van der Waals surface area (Å²) in [4.78, 5) is 11.3. The van der Waals surface area contributed by atoms with E-state index in [0.717, 1.165) is 0 Å². The molecule has 6 heteroatoms. The van der Waals surface area contributed by atoms with Crippen LogP contribution in [0.1, 0.15) is 26.3 Å². The molecule has 0 aliphatic heterocycles. The van der Waals surface area contributed by atoms with E-state index in [4.69, 9.17) is 9.47 Å². The molecule has 1 amide bonds. The molecule has 2 N–H and O–H groups in total. The first-order valence-electron chi connectivity index (χ1n) is 5.71. The first kappa shape index (κ1) is 14.8. The van der Waals surface area contributed by atoms with Gasteiger partial charge in [0, 0.05) is 5.56 Å². The lowest BCUT2D eigenvalue weighted by Gasteiger charge is -2.18. The molecule has 0 saturated carbocycles. The van der Waals surface area contributed by atoms with Crippen molar-refractivity contribution in [3.8, 4) is 11.5 Å². The number of carbonyl (C=O) groups is 1. The first-order chi connectivity index (χ1) is 8.81. The molecule has 0 aromatic heterocycles. The van der Waals surface area contributed by atoms with Gasteiger partial charge in [0.05, 0.1) is 13.3 Å². The number of rotatable bonds is 3. The van der Waals surface area contributed by atoms with Crippen molar-refractivity contribution in [2.45, 2.75) is 26.4 Å². The number of aromatic hydroxyl groups is 1. The van der Waals surface area contributed by atoms with Gasteiger partial charge in [0.15, 0.2) is 0 Å². The molecule has 0 saturated heterocycles. The van der Waals surface area contributed by atoms with Crippen molar-refractivity contribution < 1.29 is 19.4 Å². The summed E-state index contributed by atoms with van der Waals surface area (Å²) in [6.45, 7) is 5.26. The van der Waals surface area contributed by atoms with Gasteiger partial charge in [0.2, 0.25) is 0 Å². The van der Waals surface area contributed by atoms with Crippen LogP contribution in [0.5, 0.6) is 11.5 Å². The minimum Gasteiger partial charge on any atom is -0.507 e. The van der Waals surface area contributed by atoms with Crippen molar-refractivity contribution in [1.29, 1.82) is 0 Å². The number of hydrazone groups is 1. The lowest BCUT2D eigenvalue weighted by atomic mass is 10.2. The third-order valence-electron chi connectivity index (χ3n) is 1.99. The van der Waals surface area contributed by atoms with E-state index in [-0.39, 0.29) is 5.75 Å². The average molecular weight is 266 g/mol. The Balaban J connectivity index is 2.64. The molecule has 6 nitrogen and oxygen atoms in total. The molecular weight excluding hydrogens is 248 g/mol. The number of nitrogens with one attached hydrogen (secondary N) is 1. The van der Waals surface area contributed by atoms with Gasteiger partial charge in [-0.2, -0.15) is 5.10 Å². The SMILES string of the molecule is COc1ccc(O)c(/C=N/NC(=O)OC(C)(C)C)c1. The fourth-order valence-corrected chi connectivity index (χ4v) is 1.22. The van der Waals surface area contributed by atoms with E-state index in [1.54, 1.807) is 32.9 Å². The molecule has 0 atom stereocenters. The average Bonchev–Trinajstić information content (AvgIpc) is 2.29. The van der Waals surface area contributed by atoms with Crippen LogP contribution in [0.25, 0.3) is 0 Å². The van der Waals surface area contributed by atoms with Crippen molar-refractivity contribution in [3.05, 3.63) is 23.8 Å². The number of phenolic OH excluding ortho intramolecular Hbond substituents is 1. The van der Waals surface area contributed by atoms with Gasteiger partial charge in [0.1, 0.15) is 17.1 Å². The molecule has 1 rings (SSSR count). The van der Waals surface area contributed by atoms with Crippen LogP contribution >= 0.6 is 0 Å². The summed E-state index contributed by atoms with van der Waals surface area (Å²) in [6.07, 6.45) is 0.646. The van der Waals surface area contributed by atoms with Gasteiger partial charge in [-0.15, -0.1) is 0 Å². The molecule has 1 aromatic rings. The maximum absolute atomic E-state index is 11.3. The van der Waals surface area contributed by atoms with Gasteiger partial charge in [-0.25, -0.2) is 10.2 Å². The van der Waals surface area contributed by atoms with E-state index in [9.17, 15) is 9.90 Å². The number of hydrogen-bond donors (Lipinski definition) is 2. The maximum atomic E-state index is 11.3. The predicted molar refractivity (Wildman–Crippen MR) is 71.6 cm³/mol. The Morgan fingerprint density at radius 2 is 2.11 bits per heavy atom. The monoisotopic (exact) mass is 266 g/mol. The number of phenols is 1. The summed E-state index contributed by atoms with van der Waals surface area (Å²) in [5.41, 5.74) is 2.05. The number of benzene rings is 1.